The van der Waals surface area contributed by atoms with E-state index in [9.17, 15) is 36.2 Å². The van der Waals surface area contributed by atoms with Gasteiger partial charge in [-0.1, -0.05) is 41.8 Å². The van der Waals surface area contributed by atoms with Gasteiger partial charge in [0.2, 0.25) is 0 Å². The number of hydrogen-bond donors (Lipinski definition) is 4. The summed E-state index contributed by atoms with van der Waals surface area (Å²) >= 11 is 0. The fraction of sp³-hybridized carbons (Fsp3) is 0.0303. The minimum absolute atomic E-state index is 0. The van der Waals surface area contributed by atoms with Gasteiger partial charge in [-0.2, -0.15) is 27.5 Å². The van der Waals surface area contributed by atoms with Gasteiger partial charge in [0.1, 0.15) is 25.9 Å². The Labute approximate surface area is 387 Å². The second-order valence-corrected chi connectivity index (χ2v) is 14.1. The molecule has 0 aliphatic heterocycles. The first kappa shape index (κ1) is 48.8. The van der Waals surface area contributed by atoms with E-state index < -0.39 is 52.1 Å². The van der Waals surface area contributed by atoms with E-state index in [1.165, 1.54) is 30.3 Å². The summed E-state index contributed by atoms with van der Waals surface area (Å²) in [7, 11) is -13.3. The van der Waals surface area contributed by atoms with E-state index in [0.717, 1.165) is 12.1 Å². The van der Waals surface area contributed by atoms with Crippen molar-refractivity contribution in [3.05, 3.63) is 108 Å². The Bertz CT molecular complexity index is 2820. The summed E-state index contributed by atoms with van der Waals surface area (Å²) in [4.78, 5) is -1.49. The van der Waals surface area contributed by atoms with E-state index in [0.29, 0.717) is 27.7 Å². The Morgan fingerprint density at radius 2 is 1.16 bits per heavy atom. The normalized spacial score (nSPS) is 11.3. The maximum Gasteiger partial charge on any atom is 1.00 e. The molecule has 0 aliphatic carbocycles. The topological polar surface area (TPSA) is 308 Å². The Morgan fingerprint density at radius 1 is 0.643 bits per heavy atom. The molecular formula is C33H23N6Na3O11S3. The number of phenols is 2. The van der Waals surface area contributed by atoms with Gasteiger partial charge in [0, 0.05) is 28.2 Å². The second-order valence-electron chi connectivity index (χ2n) is 11.0. The molecule has 0 heterocycles. The molecule has 0 saturated carbocycles. The van der Waals surface area contributed by atoms with Crippen molar-refractivity contribution in [1.82, 2.24) is 0 Å². The number of aromatic hydroxyl groups is 2. The minimum atomic E-state index is -5.15. The van der Waals surface area contributed by atoms with Crippen LogP contribution in [0.2, 0.25) is 0 Å². The van der Waals surface area contributed by atoms with Crippen molar-refractivity contribution in [2.24, 2.45) is 20.5 Å². The molecule has 0 aliphatic rings. The molecule has 0 spiro atoms. The third-order valence-corrected chi connectivity index (χ3v) is 9.28. The van der Waals surface area contributed by atoms with E-state index >= 15 is 0 Å². The molecule has 6 rings (SSSR count). The van der Waals surface area contributed by atoms with Gasteiger partial charge in [0.15, 0.2) is 5.75 Å². The summed E-state index contributed by atoms with van der Waals surface area (Å²) in [6.07, 6.45) is 0.00742. The molecule has 0 fully saturated rings. The average Bonchev–Trinajstić information content (AvgIpc) is 3.07. The molecule has 0 amide bonds. The van der Waals surface area contributed by atoms with E-state index in [-0.39, 0.29) is 134 Å². The van der Waals surface area contributed by atoms with Crippen molar-refractivity contribution in [1.29, 1.82) is 0 Å². The molecule has 6 N–H and O–H groups in total. The van der Waals surface area contributed by atoms with Crippen molar-refractivity contribution in [2.75, 3.05) is 11.5 Å². The molecular weight excluding hydrogens is 822 g/mol. The van der Waals surface area contributed by atoms with Crippen molar-refractivity contribution >= 4 is 86.5 Å². The first-order chi connectivity index (χ1) is 24.9. The van der Waals surface area contributed by atoms with Gasteiger partial charge in [0.05, 0.1) is 21.2 Å². The van der Waals surface area contributed by atoms with Crippen LogP contribution in [0.4, 0.5) is 34.1 Å². The fourth-order valence-electron chi connectivity index (χ4n) is 5.21. The summed E-state index contributed by atoms with van der Waals surface area (Å²) in [5.41, 5.74) is 12.7. The number of nitrogens with two attached hydrogens (primary N) is 2. The van der Waals surface area contributed by atoms with Crippen LogP contribution >= 0.6 is 0 Å². The van der Waals surface area contributed by atoms with Crippen molar-refractivity contribution in [2.45, 2.75) is 16.2 Å². The molecule has 0 atom stereocenters. The van der Waals surface area contributed by atoms with Crippen LogP contribution in [-0.4, -0.2) is 48.8 Å². The van der Waals surface area contributed by atoms with Crippen LogP contribution < -0.4 is 100 Å². The average molecular weight is 845 g/mol. The largest absolute Gasteiger partial charge is 1.00 e. The van der Waals surface area contributed by atoms with Gasteiger partial charge in [-0.05, 0) is 65.4 Å². The fourth-order valence-corrected chi connectivity index (χ4v) is 6.58. The zero-order valence-electron chi connectivity index (χ0n) is 29.6. The number of azo groups is 2. The van der Waals surface area contributed by atoms with Gasteiger partial charge in [0.25, 0.3) is 0 Å². The molecule has 0 unspecified atom stereocenters. The van der Waals surface area contributed by atoms with E-state index in [4.69, 9.17) is 24.1 Å². The summed E-state index contributed by atoms with van der Waals surface area (Å²) in [6, 6.07) is 25.1. The van der Waals surface area contributed by atoms with Crippen LogP contribution in [-0.2, 0) is 37.3 Å². The third kappa shape index (κ3) is 11.9. The van der Waals surface area contributed by atoms with E-state index in [2.05, 4.69) is 26.5 Å². The number of hydrogen-bond acceptors (Lipinski definition) is 17. The van der Waals surface area contributed by atoms with Crippen LogP contribution in [0.25, 0.3) is 21.5 Å². The van der Waals surface area contributed by atoms with E-state index in [1.54, 1.807) is 48.5 Å². The monoisotopic (exact) mass is 844 g/mol. The summed E-state index contributed by atoms with van der Waals surface area (Å²) < 4.78 is 98.0. The molecule has 272 valence electrons. The minimum Gasteiger partial charge on any atom is -0.744 e. The van der Waals surface area contributed by atoms with Crippen LogP contribution in [0.3, 0.4) is 0 Å². The number of nitrogen functional groups attached to an aromatic ring is 2. The van der Waals surface area contributed by atoms with Crippen LogP contribution in [0, 0.1) is 6.07 Å². The van der Waals surface area contributed by atoms with Gasteiger partial charge in [-0.15, -0.1) is 29.2 Å². The molecule has 0 saturated heterocycles. The van der Waals surface area contributed by atoms with Crippen molar-refractivity contribution < 1.29 is 137 Å². The zero-order valence-corrected chi connectivity index (χ0v) is 38.1. The quantitative estimate of drug-likeness (QED) is 0.0383. The van der Waals surface area contributed by atoms with Crippen LogP contribution in [0.15, 0.2) is 121 Å². The molecule has 56 heavy (non-hydrogen) atoms. The second kappa shape index (κ2) is 20.4. The zero-order chi connectivity index (χ0) is 38.7. The van der Waals surface area contributed by atoms with Crippen LogP contribution in [0.1, 0.15) is 11.1 Å². The standard InChI is InChI=1S/C33H25N6O8S2.3Na.O3S/c34-24-5-1-3-19-10-14-26(32(40)29(19)24)38-36-22-11-7-18(8-12-22)15-20-9-13-23(17-27(20)48(42,43)44)37-39-31-28(49(45,46)47)16-21-4-2-6-25(35)30(21)33(31)41;;;;1-4(2)3/h1-13,16-17,40-41H,15,34-35H2,(H,42,43,44)(H,45,46,47);;;;/q-1;3*+1;/p-2. The number of rotatable bonds is 8. The predicted molar refractivity (Wildman–Crippen MR) is 189 cm³/mol. The Balaban J connectivity index is 0.00000148. The number of nitrogens with zero attached hydrogens (tertiary/aromatic N) is 4. The predicted octanol–water partition coefficient (Wildman–Crippen LogP) is -3.39. The first-order valence-electron chi connectivity index (χ1n) is 14.6. The number of phenolic OH excluding ortho intramolecular Hbond substituents is 2. The van der Waals surface area contributed by atoms with E-state index in [1.807, 2.05) is 0 Å². The summed E-state index contributed by atoms with van der Waals surface area (Å²) in [5, 5.41) is 38.5. The molecule has 0 aromatic heterocycles. The molecule has 6 aromatic carbocycles. The smallest absolute Gasteiger partial charge is 0.744 e. The molecule has 0 radical (unpaired) electrons. The van der Waals surface area contributed by atoms with Crippen molar-refractivity contribution in [3.8, 4) is 11.5 Å². The Kier molecular flexibility index (Phi) is 17.8. The molecule has 6 aromatic rings. The molecule has 0 bridgehead atoms. The van der Waals surface area contributed by atoms with Crippen molar-refractivity contribution in [3.63, 3.8) is 0 Å². The first-order valence-corrected chi connectivity index (χ1v) is 18.5. The number of anilines is 2. The number of fused-ring (bicyclic) bond motifs is 2. The third-order valence-electron chi connectivity index (χ3n) is 7.52. The van der Waals surface area contributed by atoms with Crippen LogP contribution in [0.5, 0.6) is 11.5 Å². The van der Waals surface area contributed by atoms with Gasteiger partial charge >= 0.3 is 99.3 Å². The Hall–Kier alpha value is -3.32. The number of benzene rings is 6. The molecule has 23 heteroatoms. The summed E-state index contributed by atoms with van der Waals surface area (Å²) in [5.74, 6) is -0.887. The maximum atomic E-state index is 12.2. The Morgan fingerprint density at radius 3 is 1.73 bits per heavy atom. The molecule has 17 nitrogen and oxygen atoms in total. The summed E-state index contributed by atoms with van der Waals surface area (Å²) in [6.45, 7) is 0. The van der Waals surface area contributed by atoms with Gasteiger partial charge in [-0.25, -0.2) is 16.8 Å². The van der Waals surface area contributed by atoms with Gasteiger partial charge < -0.3 is 30.8 Å². The van der Waals surface area contributed by atoms with Gasteiger partial charge in [-0.3, -0.25) is 0 Å². The maximum absolute atomic E-state index is 12.2. The SMILES string of the molecule is Nc1cccc2c[c-]c(N=Nc3ccc(Cc4ccc(N=Nc5c(S(=O)(=O)[O-])cc6cccc(N)c6c5O)cc4S(=O)(=O)[O-])cc3)c(O)c12.O=S(=O)=O.[Na+].[Na+].[Na+].